The lowest BCUT2D eigenvalue weighted by molar-refractivity contribution is -0.126. The summed E-state index contributed by atoms with van der Waals surface area (Å²) in [6.45, 7) is 3.62. The summed E-state index contributed by atoms with van der Waals surface area (Å²) >= 11 is 6.48. The molecule has 0 bridgehead atoms. The molecule has 2 amide bonds. The Labute approximate surface area is 163 Å². The van der Waals surface area contributed by atoms with E-state index >= 15 is 0 Å². The summed E-state index contributed by atoms with van der Waals surface area (Å²) in [5.74, 6) is -0.692. The lowest BCUT2D eigenvalue weighted by Gasteiger charge is -2.30. The van der Waals surface area contributed by atoms with Gasteiger partial charge in [0.1, 0.15) is 6.04 Å². The molecule has 6 heteroatoms. The topological polar surface area (TPSA) is 43.9 Å². The molecule has 3 fully saturated rings. The van der Waals surface area contributed by atoms with Gasteiger partial charge in [-0.05, 0) is 37.1 Å². The molecule has 0 radical (unpaired) electrons. The maximum Gasteiger partial charge on any atom is 0.253 e. The number of hydrazine groups is 1. The van der Waals surface area contributed by atoms with E-state index in [4.69, 9.17) is 11.6 Å². The lowest BCUT2D eigenvalue weighted by atomic mass is 9.90. The number of imide groups is 1. The third kappa shape index (κ3) is 2.39. The van der Waals surface area contributed by atoms with Crippen molar-refractivity contribution < 1.29 is 9.59 Å². The van der Waals surface area contributed by atoms with Crippen molar-refractivity contribution in [3.05, 3.63) is 64.7 Å². The van der Waals surface area contributed by atoms with Crippen LogP contribution in [0.2, 0.25) is 5.02 Å². The van der Waals surface area contributed by atoms with Crippen molar-refractivity contribution in [1.29, 1.82) is 0 Å². The molecule has 3 saturated heterocycles. The van der Waals surface area contributed by atoms with Crippen molar-refractivity contribution in [3.8, 4) is 0 Å². The number of aryl methyl sites for hydroxylation is 1. The number of rotatable bonds is 2. The first-order valence-corrected chi connectivity index (χ1v) is 9.68. The highest BCUT2D eigenvalue weighted by Crippen LogP contribution is 2.50. The first-order chi connectivity index (χ1) is 13.1. The summed E-state index contributed by atoms with van der Waals surface area (Å²) in [5.41, 5.74) is 2.66. The summed E-state index contributed by atoms with van der Waals surface area (Å²) in [6.07, 6.45) is 0.982. The van der Waals surface area contributed by atoms with Crippen LogP contribution < -0.4 is 4.90 Å². The molecule has 3 atom stereocenters. The first-order valence-electron chi connectivity index (χ1n) is 9.30. The van der Waals surface area contributed by atoms with E-state index in [1.54, 1.807) is 0 Å². The van der Waals surface area contributed by atoms with Crippen LogP contribution in [-0.4, -0.2) is 41.0 Å². The monoisotopic (exact) mass is 381 g/mol. The molecule has 0 spiro atoms. The van der Waals surface area contributed by atoms with Crippen LogP contribution in [0, 0.1) is 12.8 Å². The largest absolute Gasteiger partial charge is 0.274 e. The number of benzene rings is 2. The van der Waals surface area contributed by atoms with Crippen molar-refractivity contribution in [3.63, 3.8) is 0 Å². The summed E-state index contributed by atoms with van der Waals surface area (Å²) in [5, 5.41) is 4.91. The second kappa shape index (κ2) is 6.16. The van der Waals surface area contributed by atoms with Crippen molar-refractivity contribution in [2.24, 2.45) is 5.92 Å². The second-order valence-corrected chi connectivity index (χ2v) is 7.87. The highest BCUT2D eigenvalue weighted by atomic mass is 35.5. The number of carbonyl (C=O) groups excluding carboxylic acids is 2. The average molecular weight is 382 g/mol. The van der Waals surface area contributed by atoms with E-state index in [-0.39, 0.29) is 17.9 Å². The molecule has 0 N–H and O–H groups in total. The molecule has 5 rings (SSSR count). The van der Waals surface area contributed by atoms with E-state index in [2.05, 4.69) is 10.0 Å². The van der Waals surface area contributed by atoms with Crippen molar-refractivity contribution in [2.45, 2.75) is 25.4 Å². The fraction of sp³-hybridized carbons (Fsp3) is 0.333. The minimum absolute atomic E-state index is 0.129. The summed E-state index contributed by atoms with van der Waals surface area (Å²) < 4.78 is 0. The molecule has 138 valence electrons. The summed E-state index contributed by atoms with van der Waals surface area (Å²) in [4.78, 5) is 28.1. The number of carbonyl (C=O) groups is 2. The zero-order valence-electron chi connectivity index (χ0n) is 15.0. The second-order valence-electron chi connectivity index (χ2n) is 7.46. The molecular formula is C21H20ClN3O2. The average Bonchev–Trinajstić information content (AvgIpc) is 3.30. The van der Waals surface area contributed by atoms with Crippen LogP contribution in [0.3, 0.4) is 0 Å². The van der Waals surface area contributed by atoms with Crippen LogP contribution in [0.1, 0.15) is 23.6 Å². The van der Waals surface area contributed by atoms with Gasteiger partial charge in [-0.25, -0.2) is 14.9 Å². The molecule has 5 nitrogen and oxygen atoms in total. The van der Waals surface area contributed by atoms with Crippen LogP contribution in [-0.2, 0) is 9.59 Å². The quantitative estimate of drug-likeness (QED) is 0.749. The van der Waals surface area contributed by atoms with Gasteiger partial charge in [-0.3, -0.25) is 9.59 Å². The number of halogens is 1. The SMILES string of the molecule is Cc1ccc(N2C(=O)[C@H]3[C@@H](C2=O)N2CCCN2[C@@H]3c2ccccc2Cl)cc1. The van der Waals surface area contributed by atoms with Gasteiger partial charge in [0, 0.05) is 18.1 Å². The normalized spacial score (nSPS) is 28.1. The summed E-state index contributed by atoms with van der Waals surface area (Å²) in [7, 11) is 0. The van der Waals surface area contributed by atoms with Crippen LogP contribution in [0.4, 0.5) is 5.69 Å². The van der Waals surface area contributed by atoms with Gasteiger partial charge < -0.3 is 0 Å². The summed E-state index contributed by atoms with van der Waals surface area (Å²) in [6, 6.07) is 14.6. The van der Waals surface area contributed by atoms with Gasteiger partial charge in [0.25, 0.3) is 5.91 Å². The minimum atomic E-state index is -0.442. The van der Waals surface area contributed by atoms with E-state index in [0.29, 0.717) is 10.7 Å². The standard InChI is InChI=1S/C21H20ClN3O2/c1-13-7-9-14(10-8-13)25-20(26)17-18(15-5-2-3-6-16(15)22)23-11-4-12-24(23)19(17)21(25)27/h2-3,5-10,17-19H,4,11-12H2,1H3/t17-,18-,19+/m1/s1. The highest BCUT2D eigenvalue weighted by molar-refractivity contribution is 6.31. The molecule has 0 unspecified atom stereocenters. The fourth-order valence-electron chi connectivity index (χ4n) is 4.75. The third-order valence-corrected chi connectivity index (χ3v) is 6.27. The molecule has 2 aromatic carbocycles. The predicted octanol–water partition coefficient (Wildman–Crippen LogP) is 3.18. The Balaban J connectivity index is 1.60. The van der Waals surface area contributed by atoms with E-state index in [1.165, 1.54) is 4.90 Å². The Hall–Kier alpha value is -2.21. The Kier molecular flexibility index (Phi) is 3.86. The van der Waals surface area contributed by atoms with Crippen LogP contribution in [0.5, 0.6) is 0 Å². The molecule has 3 aliphatic heterocycles. The maximum absolute atomic E-state index is 13.4. The molecule has 0 aromatic heterocycles. The minimum Gasteiger partial charge on any atom is -0.274 e. The van der Waals surface area contributed by atoms with Crippen molar-refractivity contribution in [1.82, 2.24) is 10.0 Å². The van der Waals surface area contributed by atoms with Gasteiger partial charge in [0.2, 0.25) is 5.91 Å². The highest BCUT2D eigenvalue weighted by Gasteiger charge is 2.63. The Morgan fingerprint density at radius 3 is 2.26 bits per heavy atom. The van der Waals surface area contributed by atoms with Gasteiger partial charge in [-0.2, -0.15) is 0 Å². The zero-order chi connectivity index (χ0) is 18.7. The number of hydrogen-bond donors (Lipinski definition) is 0. The van der Waals surface area contributed by atoms with Gasteiger partial charge in [-0.1, -0.05) is 47.5 Å². The fourth-order valence-corrected chi connectivity index (χ4v) is 5.00. The van der Waals surface area contributed by atoms with Crippen LogP contribution in [0.15, 0.2) is 48.5 Å². The number of fused-ring (bicyclic) bond motifs is 3. The van der Waals surface area contributed by atoms with Gasteiger partial charge >= 0.3 is 0 Å². The van der Waals surface area contributed by atoms with Gasteiger partial charge in [0.05, 0.1) is 17.6 Å². The molecule has 0 aliphatic carbocycles. The van der Waals surface area contributed by atoms with E-state index in [1.807, 2.05) is 55.5 Å². The maximum atomic E-state index is 13.4. The van der Waals surface area contributed by atoms with Crippen molar-refractivity contribution >= 4 is 29.1 Å². The number of hydrogen-bond acceptors (Lipinski definition) is 4. The van der Waals surface area contributed by atoms with Crippen LogP contribution in [0.25, 0.3) is 0 Å². The Morgan fingerprint density at radius 2 is 1.56 bits per heavy atom. The Morgan fingerprint density at radius 1 is 0.889 bits per heavy atom. The number of anilines is 1. The lowest BCUT2D eigenvalue weighted by Crippen LogP contribution is -2.44. The van der Waals surface area contributed by atoms with Gasteiger partial charge in [0.15, 0.2) is 0 Å². The van der Waals surface area contributed by atoms with Crippen LogP contribution >= 0.6 is 11.6 Å². The zero-order valence-corrected chi connectivity index (χ0v) is 15.8. The molecule has 3 heterocycles. The molecule has 3 aliphatic rings. The first kappa shape index (κ1) is 16.9. The van der Waals surface area contributed by atoms with Crippen molar-refractivity contribution in [2.75, 3.05) is 18.0 Å². The number of amides is 2. The number of nitrogens with zero attached hydrogens (tertiary/aromatic N) is 3. The third-order valence-electron chi connectivity index (χ3n) is 5.92. The Bertz CT molecular complexity index is 929. The smallest absolute Gasteiger partial charge is 0.253 e. The predicted molar refractivity (Wildman–Crippen MR) is 103 cm³/mol. The van der Waals surface area contributed by atoms with Gasteiger partial charge in [-0.15, -0.1) is 0 Å². The molecule has 0 saturated carbocycles. The van der Waals surface area contributed by atoms with E-state index < -0.39 is 12.0 Å². The molecular weight excluding hydrogens is 362 g/mol. The van der Waals surface area contributed by atoms with E-state index in [9.17, 15) is 9.59 Å². The molecule has 27 heavy (non-hydrogen) atoms. The van der Waals surface area contributed by atoms with E-state index in [0.717, 1.165) is 30.6 Å². The molecule has 2 aromatic rings.